The fourth-order valence-corrected chi connectivity index (χ4v) is 5.23. The highest BCUT2D eigenvalue weighted by Crippen LogP contribution is 2.31. The molecular formula is C27H34N4O3. The van der Waals surface area contributed by atoms with Gasteiger partial charge in [0, 0.05) is 49.9 Å². The van der Waals surface area contributed by atoms with Crippen molar-refractivity contribution in [2.24, 2.45) is 0 Å². The summed E-state index contributed by atoms with van der Waals surface area (Å²) in [5.41, 5.74) is 3.75. The second-order valence-electron chi connectivity index (χ2n) is 9.46. The average molecular weight is 463 g/mol. The Bertz CT molecular complexity index is 1040. The number of benzene rings is 2. The van der Waals surface area contributed by atoms with E-state index in [2.05, 4.69) is 45.6 Å². The summed E-state index contributed by atoms with van der Waals surface area (Å²) in [6.07, 6.45) is 4.40. The van der Waals surface area contributed by atoms with E-state index in [0.717, 1.165) is 37.8 Å². The number of nitrogens with zero attached hydrogens (tertiary/aromatic N) is 2. The first-order valence-electron chi connectivity index (χ1n) is 12.2. The lowest BCUT2D eigenvalue weighted by molar-refractivity contribution is -0.135. The molecule has 2 aliphatic heterocycles. The summed E-state index contributed by atoms with van der Waals surface area (Å²) < 4.78 is 0. The zero-order valence-corrected chi connectivity index (χ0v) is 20.0. The molecule has 0 radical (unpaired) electrons. The van der Waals surface area contributed by atoms with Gasteiger partial charge in [0.2, 0.25) is 17.7 Å². The molecule has 180 valence electrons. The van der Waals surface area contributed by atoms with Crippen LogP contribution in [0.3, 0.4) is 0 Å². The van der Waals surface area contributed by atoms with E-state index in [1.165, 1.54) is 12.5 Å². The summed E-state index contributed by atoms with van der Waals surface area (Å²) >= 11 is 0. The Hall–Kier alpha value is -3.19. The van der Waals surface area contributed by atoms with Crippen LogP contribution in [-0.4, -0.2) is 52.7 Å². The molecule has 2 aromatic carbocycles. The first-order chi connectivity index (χ1) is 16.4. The molecule has 7 nitrogen and oxygen atoms in total. The molecule has 0 spiro atoms. The van der Waals surface area contributed by atoms with Gasteiger partial charge in [-0.25, -0.2) is 0 Å². The van der Waals surface area contributed by atoms with E-state index in [-0.39, 0.29) is 29.8 Å². The summed E-state index contributed by atoms with van der Waals surface area (Å²) in [4.78, 5) is 41.4. The summed E-state index contributed by atoms with van der Waals surface area (Å²) in [7, 11) is 0. The lowest BCUT2D eigenvalue weighted by Gasteiger charge is -2.37. The second kappa shape index (κ2) is 10.8. The molecule has 34 heavy (non-hydrogen) atoms. The largest absolute Gasteiger partial charge is 0.334 e. The van der Waals surface area contributed by atoms with E-state index in [1.54, 1.807) is 24.3 Å². The Morgan fingerprint density at radius 2 is 1.71 bits per heavy atom. The maximum atomic E-state index is 13.1. The van der Waals surface area contributed by atoms with Crippen LogP contribution in [0, 0.1) is 6.92 Å². The monoisotopic (exact) mass is 462 g/mol. The van der Waals surface area contributed by atoms with Crippen molar-refractivity contribution in [2.75, 3.05) is 23.7 Å². The fourth-order valence-electron chi connectivity index (χ4n) is 5.23. The van der Waals surface area contributed by atoms with Crippen molar-refractivity contribution in [3.05, 3.63) is 59.7 Å². The molecule has 2 aliphatic rings. The standard InChI is InChI=1S/C27H34N4O3/c1-19-6-5-7-21(16-19)17-31-25-14-15-30(24(25)8-3-4-9-27(31)34)18-26(33)29-23-12-10-22(11-13-23)28-20(2)32/h5-7,10-13,16,24-25H,3-4,8-9,14-15,17-18H2,1-2H3,(H,28,32)(H,29,33)/t24-,25+/m0/s1. The Kier molecular flexibility index (Phi) is 7.63. The van der Waals surface area contributed by atoms with Crippen LogP contribution >= 0.6 is 0 Å². The molecule has 7 heteroatoms. The molecule has 4 rings (SSSR count). The number of hydrogen-bond acceptors (Lipinski definition) is 4. The Balaban J connectivity index is 1.41. The molecule has 2 fully saturated rings. The third-order valence-corrected chi connectivity index (χ3v) is 6.76. The van der Waals surface area contributed by atoms with Gasteiger partial charge in [-0.1, -0.05) is 36.2 Å². The van der Waals surface area contributed by atoms with Crippen molar-refractivity contribution in [2.45, 2.75) is 64.6 Å². The van der Waals surface area contributed by atoms with Gasteiger partial charge in [-0.15, -0.1) is 0 Å². The molecule has 2 atom stereocenters. The molecule has 0 saturated carbocycles. The number of fused-ring (bicyclic) bond motifs is 1. The molecule has 0 aromatic heterocycles. The number of anilines is 2. The fraction of sp³-hybridized carbons (Fsp3) is 0.444. The SMILES string of the molecule is CC(=O)Nc1ccc(NC(=O)CN2CC[C@@H]3[C@@H]2CCCCC(=O)N3Cc2cccc(C)c2)cc1. The highest BCUT2D eigenvalue weighted by molar-refractivity contribution is 5.93. The van der Waals surface area contributed by atoms with Gasteiger partial charge in [-0.2, -0.15) is 0 Å². The van der Waals surface area contributed by atoms with Gasteiger partial charge in [0.05, 0.1) is 6.54 Å². The van der Waals surface area contributed by atoms with E-state index >= 15 is 0 Å². The van der Waals surface area contributed by atoms with Gasteiger partial charge in [0.1, 0.15) is 0 Å². The number of carbonyl (C=O) groups excluding carboxylic acids is 3. The molecule has 3 amide bonds. The van der Waals surface area contributed by atoms with Crippen molar-refractivity contribution in [1.82, 2.24) is 9.80 Å². The smallest absolute Gasteiger partial charge is 0.238 e. The van der Waals surface area contributed by atoms with Crippen LogP contribution in [0.4, 0.5) is 11.4 Å². The number of carbonyl (C=O) groups is 3. The average Bonchev–Trinajstić information content (AvgIpc) is 3.16. The molecule has 0 aliphatic carbocycles. The van der Waals surface area contributed by atoms with E-state index in [1.807, 2.05) is 6.07 Å². The molecule has 2 saturated heterocycles. The predicted octanol–water partition coefficient (Wildman–Crippen LogP) is 3.94. The maximum absolute atomic E-state index is 13.1. The minimum atomic E-state index is -0.130. The Morgan fingerprint density at radius 3 is 2.41 bits per heavy atom. The van der Waals surface area contributed by atoms with Crippen molar-refractivity contribution in [3.8, 4) is 0 Å². The van der Waals surface area contributed by atoms with Gasteiger partial charge >= 0.3 is 0 Å². The summed E-state index contributed by atoms with van der Waals surface area (Å²) in [6, 6.07) is 15.8. The molecular weight excluding hydrogens is 428 g/mol. The first-order valence-corrected chi connectivity index (χ1v) is 12.2. The molecule has 2 N–H and O–H groups in total. The number of likely N-dealkylation sites (tertiary alicyclic amines) is 2. The van der Waals surface area contributed by atoms with Gasteiger partial charge in [-0.3, -0.25) is 19.3 Å². The Morgan fingerprint density at radius 1 is 0.971 bits per heavy atom. The molecule has 0 unspecified atom stereocenters. The molecule has 0 bridgehead atoms. The number of rotatable bonds is 6. The van der Waals surface area contributed by atoms with Crippen molar-refractivity contribution in [3.63, 3.8) is 0 Å². The lowest BCUT2D eigenvalue weighted by Crippen LogP contribution is -2.49. The minimum absolute atomic E-state index is 0.0634. The van der Waals surface area contributed by atoms with Crippen LogP contribution < -0.4 is 10.6 Å². The van der Waals surface area contributed by atoms with Crippen molar-refractivity contribution < 1.29 is 14.4 Å². The number of nitrogens with one attached hydrogen (secondary N) is 2. The quantitative estimate of drug-likeness (QED) is 0.681. The van der Waals surface area contributed by atoms with E-state index in [0.29, 0.717) is 30.9 Å². The van der Waals surface area contributed by atoms with Gasteiger partial charge in [-0.05, 0) is 56.0 Å². The van der Waals surface area contributed by atoms with Crippen LogP contribution in [0.5, 0.6) is 0 Å². The molecule has 2 heterocycles. The summed E-state index contributed by atoms with van der Waals surface area (Å²) in [5, 5.41) is 5.69. The third-order valence-electron chi connectivity index (χ3n) is 6.76. The van der Waals surface area contributed by atoms with Gasteiger partial charge in [0.25, 0.3) is 0 Å². The highest BCUT2D eigenvalue weighted by Gasteiger charge is 2.40. The van der Waals surface area contributed by atoms with Gasteiger partial charge in [0.15, 0.2) is 0 Å². The van der Waals surface area contributed by atoms with Crippen LogP contribution in [0.2, 0.25) is 0 Å². The first kappa shape index (κ1) is 24.0. The van der Waals surface area contributed by atoms with Crippen LogP contribution in [0.25, 0.3) is 0 Å². The third kappa shape index (κ3) is 6.03. The molecule has 2 aromatic rings. The lowest BCUT2D eigenvalue weighted by atomic mass is 9.96. The van der Waals surface area contributed by atoms with E-state index in [9.17, 15) is 14.4 Å². The zero-order chi connectivity index (χ0) is 24.1. The van der Waals surface area contributed by atoms with E-state index in [4.69, 9.17) is 0 Å². The second-order valence-corrected chi connectivity index (χ2v) is 9.46. The maximum Gasteiger partial charge on any atom is 0.238 e. The topological polar surface area (TPSA) is 81.8 Å². The number of amides is 3. The van der Waals surface area contributed by atoms with Crippen LogP contribution in [-0.2, 0) is 20.9 Å². The van der Waals surface area contributed by atoms with Crippen molar-refractivity contribution in [1.29, 1.82) is 0 Å². The summed E-state index contributed by atoms with van der Waals surface area (Å²) in [6.45, 7) is 5.28. The number of hydrogen-bond donors (Lipinski definition) is 2. The van der Waals surface area contributed by atoms with Crippen molar-refractivity contribution >= 4 is 29.1 Å². The number of aryl methyl sites for hydroxylation is 1. The predicted molar refractivity (Wildman–Crippen MR) is 133 cm³/mol. The van der Waals surface area contributed by atoms with Crippen LogP contribution in [0.1, 0.15) is 50.2 Å². The minimum Gasteiger partial charge on any atom is -0.334 e. The summed E-state index contributed by atoms with van der Waals surface area (Å²) in [5.74, 6) is 0.0304. The Labute approximate surface area is 201 Å². The normalized spacial score (nSPS) is 20.9. The zero-order valence-electron chi connectivity index (χ0n) is 20.0. The van der Waals surface area contributed by atoms with E-state index < -0.39 is 0 Å². The highest BCUT2D eigenvalue weighted by atomic mass is 16.2. The van der Waals surface area contributed by atoms with Crippen LogP contribution in [0.15, 0.2) is 48.5 Å². The van der Waals surface area contributed by atoms with Gasteiger partial charge < -0.3 is 15.5 Å².